The number of ether oxygens (including phenoxy) is 1. The van der Waals surface area contributed by atoms with Crippen molar-refractivity contribution in [1.82, 2.24) is 15.2 Å². The minimum Gasteiger partial charge on any atom is -0.461 e. The fraction of sp³-hybridized carbons (Fsp3) is 0.320. The Labute approximate surface area is 195 Å². The molecule has 9 nitrogen and oxygen atoms in total. The highest BCUT2D eigenvalue weighted by molar-refractivity contribution is 5.87. The van der Waals surface area contributed by atoms with Crippen LogP contribution in [0.4, 0.5) is 0 Å². The van der Waals surface area contributed by atoms with Gasteiger partial charge in [0, 0.05) is 32.0 Å². The highest BCUT2D eigenvalue weighted by Crippen LogP contribution is 2.29. The summed E-state index contributed by atoms with van der Waals surface area (Å²) in [5.74, 6) is 0.226. The van der Waals surface area contributed by atoms with E-state index in [4.69, 9.17) is 18.8 Å². The topological polar surface area (TPSA) is 122 Å². The first-order valence-corrected chi connectivity index (χ1v) is 11.1. The van der Waals surface area contributed by atoms with Gasteiger partial charge in [0.1, 0.15) is 17.4 Å². The van der Waals surface area contributed by atoms with Gasteiger partial charge in [0.25, 0.3) is 0 Å². The molecular weight excluding hydrogens is 436 g/mol. The average molecular weight is 463 g/mol. The third-order valence-corrected chi connectivity index (χ3v) is 5.59. The summed E-state index contributed by atoms with van der Waals surface area (Å²) in [6.45, 7) is 3.98. The first-order chi connectivity index (χ1) is 16.6. The first-order valence-electron chi connectivity index (χ1n) is 11.1. The number of rotatable bonds is 5. The van der Waals surface area contributed by atoms with Crippen LogP contribution in [-0.2, 0) is 23.0 Å². The van der Waals surface area contributed by atoms with Gasteiger partial charge in [0.05, 0.1) is 18.2 Å². The molecule has 2 N–H and O–H groups in total. The Hall–Kier alpha value is -3.87. The molecular formula is C25H26N4O5. The van der Waals surface area contributed by atoms with Crippen molar-refractivity contribution in [3.8, 4) is 17.2 Å². The second-order valence-electron chi connectivity index (χ2n) is 7.96. The number of amides is 1. The second-order valence-corrected chi connectivity index (χ2v) is 7.96. The smallest absolute Gasteiger partial charge is 0.419 e. The summed E-state index contributed by atoms with van der Waals surface area (Å²) >= 11 is 0. The molecule has 1 atom stereocenters. The van der Waals surface area contributed by atoms with Crippen LogP contribution in [0.5, 0.6) is 0 Å². The quantitative estimate of drug-likeness (QED) is 0.437. The predicted octanol–water partition coefficient (Wildman–Crippen LogP) is 2.72. The zero-order chi connectivity index (χ0) is 23.9. The van der Waals surface area contributed by atoms with E-state index >= 15 is 0 Å². The van der Waals surface area contributed by atoms with E-state index in [1.807, 2.05) is 42.5 Å². The van der Waals surface area contributed by atoms with Crippen LogP contribution in [0.25, 0.3) is 33.2 Å². The normalized spacial score (nSPS) is 14.6. The van der Waals surface area contributed by atoms with Gasteiger partial charge in [-0.15, -0.1) is 0 Å². The van der Waals surface area contributed by atoms with Crippen molar-refractivity contribution in [3.63, 3.8) is 0 Å². The van der Waals surface area contributed by atoms with Crippen LogP contribution >= 0.6 is 0 Å². The van der Waals surface area contributed by atoms with E-state index in [9.17, 15) is 9.59 Å². The summed E-state index contributed by atoms with van der Waals surface area (Å²) in [6.07, 6.45) is 1.97. The van der Waals surface area contributed by atoms with Crippen LogP contribution < -0.4 is 16.4 Å². The maximum Gasteiger partial charge on any atom is 0.419 e. The Morgan fingerprint density at radius 1 is 1.12 bits per heavy atom. The summed E-state index contributed by atoms with van der Waals surface area (Å²) in [6, 6.07) is 14.6. The number of nitrogens with one attached hydrogen (secondary N) is 2. The maximum atomic E-state index is 11.7. The molecule has 1 aliphatic rings. The van der Waals surface area contributed by atoms with E-state index in [1.54, 1.807) is 13.1 Å². The van der Waals surface area contributed by atoms with E-state index in [1.165, 1.54) is 11.0 Å². The molecule has 3 heterocycles. The SMILES string of the molecule is C1CNCCOC1.Cn1c(=O)oc2ccc(-c3ccc4oc(CC(C#N)NC=O)cc4c3)cc21. The maximum absolute atomic E-state index is 11.7. The number of carbonyl (C=O) groups is 1. The molecule has 0 saturated carbocycles. The first kappa shape index (κ1) is 23.3. The number of carbonyl (C=O) groups excluding carboxylic acids is 1. The largest absolute Gasteiger partial charge is 0.461 e. The van der Waals surface area contributed by atoms with Gasteiger partial charge >= 0.3 is 5.76 Å². The molecule has 4 aromatic rings. The Bertz CT molecular complexity index is 1360. The minimum absolute atomic E-state index is 0.294. The number of aryl methyl sites for hydroxylation is 1. The molecule has 176 valence electrons. The number of nitriles is 1. The van der Waals surface area contributed by atoms with Crippen LogP contribution in [0.3, 0.4) is 0 Å². The van der Waals surface area contributed by atoms with Gasteiger partial charge in [-0.3, -0.25) is 9.36 Å². The van der Waals surface area contributed by atoms with Crippen LogP contribution in [0.15, 0.2) is 56.1 Å². The fourth-order valence-electron chi connectivity index (χ4n) is 3.78. The number of aromatic nitrogens is 1. The molecule has 2 aromatic heterocycles. The zero-order valence-corrected chi connectivity index (χ0v) is 18.9. The third-order valence-electron chi connectivity index (χ3n) is 5.59. The highest BCUT2D eigenvalue weighted by atomic mass is 16.5. The molecule has 2 aromatic carbocycles. The molecule has 9 heteroatoms. The number of fused-ring (bicyclic) bond motifs is 2. The number of nitrogens with zero attached hydrogens (tertiary/aromatic N) is 2. The Morgan fingerprint density at radius 2 is 1.91 bits per heavy atom. The van der Waals surface area contributed by atoms with Crippen LogP contribution in [0, 0.1) is 11.3 Å². The van der Waals surface area contributed by atoms with E-state index < -0.39 is 11.8 Å². The standard InChI is InChI=1S/C20H15N3O4.C5H11NO/c1-23-17-8-13(3-5-19(17)27-20(23)25)12-2-4-18-14(6-12)7-16(26-18)9-15(10-21)22-11-24;1-2-6-3-5-7-4-1/h2-8,11,15H,9H2,1H3,(H,22,24);6H,1-5H2. The fourth-order valence-corrected chi connectivity index (χ4v) is 3.78. The Balaban J connectivity index is 0.000000336. The number of oxazole rings is 1. The van der Waals surface area contributed by atoms with E-state index in [-0.39, 0.29) is 0 Å². The summed E-state index contributed by atoms with van der Waals surface area (Å²) in [7, 11) is 1.67. The summed E-state index contributed by atoms with van der Waals surface area (Å²) in [5.41, 5.74) is 3.88. The van der Waals surface area contributed by atoms with Gasteiger partial charge in [-0.2, -0.15) is 5.26 Å². The number of furan rings is 1. The van der Waals surface area contributed by atoms with Gasteiger partial charge < -0.3 is 24.2 Å². The van der Waals surface area contributed by atoms with Crippen molar-refractivity contribution in [3.05, 3.63) is 58.8 Å². The van der Waals surface area contributed by atoms with E-state index in [0.717, 1.165) is 48.3 Å². The number of hydrogen-bond donors (Lipinski definition) is 2. The van der Waals surface area contributed by atoms with Crippen LogP contribution in [0.2, 0.25) is 0 Å². The molecule has 1 aliphatic heterocycles. The lowest BCUT2D eigenvalue weighted by molar-refractivity contribution is -0.109. The molecule has 0 aliphatic carbocycles. The lowest BCUT2D eigenvalue weighted by Gasteiger charge is -2.03. The van der Waals surface area contributed by atoms with Crippen molar-refractivity contribution in [2.75, 3.05) is 26.3 Å². The van der Waals surface area contributed by atoms with Crippen molar-refractivity contribution < 1.29 is 18.4 Å². The lowest BCUT2D eigenvalue weighted by Crippen LogP contribution is -2.27. The average Bonchev–Trinajstić information content (AvgIpc) is 3.20. The van der Waals surface area contributed by atoms with E-state index in [0.29, 0.717) is 29.8 Å². The highest BCUT2D eigenvalue weighted by Gasteiger charge is 2.13. The summed E-state index contributed by atoms with van der Waals surface area (Å²) in [4.78, 5) is 22.2. The zero-order valence-electron chi connectivity index (χ0n) is 18.9. The molecule has 1 saturated heterocycles. The number of benzene rings is 2. The third kappa shape index (κ3) is 5.36. The molecule has 1 unspecified atom stereocenters. The second kappa shape index (κ2) is 10.8. The van der Waals surface area contributed by atoms with Gasteiger partial charge in [0.15, 0.2) is 5.58 Å². The van der Waals surface area contributed by atoms with Crippen molar-refractivity contribution >= 4 is 28.5 Å². The Kier molecular flexibility index (Phi) is 7.42. The summed E-state index contributed by atoms with van der Waals surface area (Å²) in [5, 5.41) is 15.6. The van der Waals surface area contributed by atoms with Gasteiger partial charge in [-0.1, -0.05) is 12.1 Å². The number of hydrogen-bond acceptors (Lipinski definition) is 7. The van der Waals surface area contributed by atoms with Crippen molar-refractivity contribution in [2.45, 2.75) is 18.9 Å². The molecule has 0 bridgehead atoms. The molecule has 0 spiro atoms. The van der Waals surface area contributed by atoms with Crippen molar-refractivity contribution in [2.24, 2.45) is 7.05 Å². The Morgan fingerprint density at radius 3 is 2.71 bits per heavy atom. The molecule has 0 radical (unpaired) electrons. The van der Waals surface area contributed by atoms with Crippen molar-refractivity contribution in [1.29, 1.82) is 5.26 Å². The van der Waals surface area contributed by atoms with Gasteiger partial charge in [0.2, 0.25) is 6.41 Å². The molecule has 1 amide bonds. The van der Waals surface area contributed by atoms with Crippen LogP contribution in [-0.4, -0.2) is 43.3 Å². The molecule has 1 fully saturated rings. The van der Waals surface area contributed by atoms with Gasteiger partial charge in [-0.25, -0.2) is 4.79 Å². The van der Waals surface area contributed by atoms with E-state index in [2.05, 4.69) is 10.6 Å². The minimum atomic E-state index is -0.632. The molecule has 5 rings (SSSR count). The molecule has 34 heavy (non-hydrogen) atoms. The monoisotopic (exact) mass is 462 g/mol. The van der Waals surface area contributed by atoms with Gasteiger partial charge in [-0.05, 0) is 54.4 Å². The van der Waals surface area contributed by atoms with Crippen LogP contribution in [0.1, 0.15) is 12.2 Å². The summed E-state index contributed by atoms with van der Waals surface area (Å²) < 4.78 is 17.5. The lowest BCUT2D eigenvalue weighted by atomic mass is 10.0. The predicted molar refractivity (Wildman–Crippen MR) is 127 cm³/mol.